The molecule has 2 aromatic carbocycles. The minimum Gasteiger partial charge on any atom is -0.294 e. The third kappa shape index (κ3) is 3.54. The minimum absolute atomic E-state index is 0.0188. The van der Waals surface area contributed by atoms with E-state index in [0.29, 0.717) is 5.56 Å². The Balaban J connectivity index is 1.81. The highest BCUT2D eigenvalue weighted by molar-refractivity contribution is 7.92. The molecule has 1 aliphatic carbocycles. The molecule has 0 heterocycles. The monoisotopic (exact) mass is 353 g/mol. The van der Waals surface area contributed by atoms with E-state index >= 15 is 0 Å². The Morgan fingerprint density at radius 2 is 1.78 bits per heavy atom. The van der Waals surface area contributed by atoms with E-state index in [1.165, 1.54) is 36.4 Å². The van der Waals surface area contributed by atoms with Crippen molar-refractivity contribution in [3.05, 3.63) is 58.9 Å². The maximum Gasteiger partial charge on any atom is 0.261 e. The van der Waals surface area contributed by atoms with Crippen LogP contribution >= 0.6 is 11.6 Å². The molecule has 23 heavy (non-hydrogen) atoms. The molecule has 4 nitrogen and oxygen atoms in total. The molecule has 1 saturated carbocycles. The van der Waals surface area contributed by atoms with E-state index in [4.69, 9.17) is 11.6 Å². The summed E-state index contributed by atoms with van der Waals surface area (Å²) in [5.74, 6) is -0.498. The molecule has 0 aliphatic heterocycles. The van der Waals surface area contributed by atoms with Gasteiger partial charge in [-0.1, -0.05) is 23.7 Å². The van der Waals surface area contributed by atoms with Crippen molar-refractivity contribution < 1.29 is 17.6 Å². The quantitative estimate of drug-likeness (QED) is 0.830. The molecule has 0 radical (unpaired) electrons. The van der Waals surface area contributed by atoms with Crippen LogP contribution in [-0.2, 0) is 10.0 Å². The van der Waals surface area contributed by atoms with E-state index < -0.39 is 15.8 Å². The molecule has 120 valence electrons. The first kappa shape index (κ1) is 16.0. The van der Waals surface area contributed by atoms with Gasteiger partial charge in [-0.05, 0) is 43.2 Å². The Kier molecular flexibility index (Phi) is 4.12. The molecular weight excluding hydrogens is 341 g/mol. The summed E-state index contributed by atoms with van der Waals surface area (Å²) in [4.78, 5) is 11.9. The van der Waals surface area contributed by atoms with Gasteiger partial charge in [0.15, 0.2) is 5.78 Å². The summed E-state index contributed by atoms with van der Waals surface area (Å²) in [6, 6.07) is 9.33. The molecule has 0 spiro atoms. The molecule has 1 N–H and O–H groups in total. The molecular formula is C16H13ClFNO3S. The Labute approximate surface area is 138 Å². The van der Waals surface area contributed by atoms with Crippen molar-refractivity contribution in [1.82, 2.24) is 0 Å². The maximum atomic E-state index is 13.1. The molecule has 0 aromatic heterocycles. The summed E-state index contributed by atoms with van der Waals surface area (Å²) >= 11 is 5.63. The summed E-state index contributed by atoms with van der Waals surface area (Å²) in [7, 11) is -3.83. The van der Waals surface area contributed by atoms with E-state index in [0.717, 1.165) is 18.9 Å². The Morgan fingerprint density at radius 3 is 2.35 bits per heavy atom. The van der Waals surface area contributed by atoms with Gasteiger partial charge in [-0.2, -0.15) is 0 Å². The lowest BCUT2D eigenvalue weighted by atomic mass is 10.1. The molecule has 0 bridgehead atoms. The van der Waals surface area contributed by atoms with Crippen molar-refractivity contribution in [2.45, 2.75) is 17.7 Å². The van der Waals surface area contributed by atoms with Crippen molar-refractivity contribution in [2.75, 3.05) is 4.72 Å². The molecule has 1 aliphatic rings. The van der Waals surface area contributed by atoms with Crippen LogP contribution in [-0.4, -0.2) is 14.2 Å². The van der Waals surface area contributed by atoms with Crippen LogP contribution < -0.4 is 4.72 Å². The van der Waals surface area contributed by atoms with Gasteiger partial charge in [-0.15, -0.1) is 0 Å². The first-order valence-corrected chi connectivity index (χ1v) is 8.85. The summed E-state index contributed by atoms with van der Waals surface area (Å²) in [6.45, 7) is 0. The van der Waals surface area contributed by atoms with Gasteiger partial charge in [0.25, 0.3) is 10.0 Å². The molecule has 0 atom stereocenters. The van der Waals surface area contributed by atoms with Crippen LogP contribution in [0.15, 0.2) is 47.4 Å². The number of sulfonamides is 1. The number of hydrogen-bond acceptors (Lipinski definition) is 3. The molecule has 0 saturated heterocycles. The van der Waals surface area contributed by atoms with Crippen LogP contribution in [0.2, 0.25) is 5.02 Å². The number of rotatable bonds is 5. The van der Waals surface area contributed by atoms with Gasteiger partial charge >= 0.3 is 0 Å². The van der Waals surface area contributed by atoms with Crippen LogP contribution in [0.25, 0.3) is 0 Å². The van der Waals surface area contributed by atoms with Gasteiger partial charge in [0.1, 0.15) is 5.82 Å². The molecule has 2 aromatic rings. The maximum absolute atomic E-state index is 13.1. The van der Waals surface area contributed by atoms with Crippen LogP contribution in [0.5, 0.6) is 0 Å². The van der Waals surface area contributed by atoms with Crippen molar-refractivity contribution in [3.8, 4) is 0 Å². The van der Waals surface area contributed by atoms with Gasteiger partial charge in [-0.3, -0.25) is 9.52 Å². The molecule has 7 heteroatoms. The third-order valence-corrected chi connectivity index (χ3v) is 5.26. The number of hydrogen-bond donors (Lipinski definition) is 1. The number of anilines is 1. The largest absolute Gasteiger partial charge is 0.294 e. The number of Topliss-reactive ketones (excluding diaryl/α,β-unsaturated/α-hetero) is 1. The smallest absolute Gasteiger partial charge is 0.261 e. The lowest BCUT2D eigenvalue weighted by molar-refractivity contribution is 0.0967. The second-order valence-electron chi connectivity index (χ2n) is 5.40. The summed E-state index contributed by atoms with van der Waals surface area (Å²) in [6.07, 6.45) is 1.79. The minimum atomic E-state index is -3.83. The van der Waals surface area contributed by atoms with Crippen LogP contribution in [0.4, 0.5) is 10.1 Å². The van der Waals surface area contributed by atoms with Gasteiger partial charge < -0.3 is 0 Å². The van der Waals surface area contributed by atoms with Gasteiger partial charge in [-0.25, -0.2) is 12.8 Å². The zero-order valence-corrected chi connectivity index (χ0v) is 13.5. The SMILES string of the molecule is O=C(c1ccc(S(=O)(=O)Nc2ccc(F)c(Cl)c2)cc1)C1CC1. The Morgan fingerprint density at radius 1 is 1.13 bits per heavy atom. The normalized spacial score (nSPS) is 14.5. The van der Waals surface area contributed by atoms with E-state index in [9.17, 15) is 17.6 Å². The zero-order valence-electron chi connectivity index (χ0n) is 11.9. The molecule has 0 unspecified atom stereocenters. The molecule has 0 amide bonds. The predicted octanol–water partition coefficient (Wildman–Crippen LogP) is 3.87. The third-order valence-electron chi connectivity index (χ3n) is 3.57. The lowest BCUT2D eigenvalue weighted by Gasteiger charge is -2.09. The molecule has 3 rings (SSSR count). The van der Waals surface area contributed by atoms with E-state index in [2.05, 4.69) is 4.72 Å². The average Bonchev–Trinajstić information content (AvgIpc) is 3.35. The number of carbonyl (C=O) groups excluding carboxylic acids is 1. The lowest BCUT2D eigenvalue weighted by Crippen LogP contribution is -2.13. The fraction of sp³-hybridized carbons (Fsp3) is 0.188. The number of ketones is 1. The van der Waals surface area contributed by atoms with Crippen LogP contribution in [0.3, 0.4) is 0 Å². The second kappa shape index (κ2) is 5.94. The Bertz CT molecular complexity index is 861. The first-order chi connectivity index (χ1) is 10.9. The molecule has 1 fully saturated rings. The number of nitrogens with one attached hydrogen (secondary N) is 1. The van der Waals surface area contributed by atoms with Crippen molar-refractivity contribution in [2.24, 2.45) is 5.92 Å². The highest BCUT2D eigenvalue weighted by atomic mass is 35.5. The number of carbonyl (C=O) groups is 1. The number of benzene rings is 2. The predicted molar refractivity (Wildman–Crippen MR) is 85.7 cm³/mol. The fourth-order valence-corrected chi connectivity index (χ4v) is 3.38. The van der Waals surface area contributed by atoms with E-state index in [1.807, 2.05) is 0 Å². The summed E-state index contributed by atoms with van der Waals surface area (Å²) in [5.41, 5.74) is 0.672. The highest BCUT2D eigenvalue weighted by Gasteiger charge is 2.30. The van der Waals surface area contributed by atoms with Crippen molar-refractivity contribution >= 4 is 33.1 Å². The van der Waals surface area contributed by atoms with E-state index in [-0.39, 0.29) is 27.3 Å². The van der Waals surface area contributed by atoms with Gasteiger partial charge in [0.05, 0.1) is 15.6 Å². The van der Waals surface area contributed by atoms with Gasteiger partial charge in [0, 0.05) is 11.5 Å². The standard InChI is InChI=1S/C16H13ClFNO3S/c17-14-9-12(5-8-15(14)18)19-23(21,22)13-6-3-11(4-7-13)16(20)10-1-2-10/h3-10,19H,1-2H2. The van der Waals surface area contributed by atoms with Crippen molar-refractivity contribution in [3.63, 3.8) is 0 Å². The highest BCUT2D eigenvalue weighted by Crippen LogP contribution is 2.32. The van der Waals surface area contributed by atoms with E-state index in [1.54, 1.807) is 0 Å². The summed E-state index contributed by atoms with van der Waals surface area (Å²) in [5, 5.41) is -0.171. The van der Waals surface area contributed by atoms with Crippen LogP contribution in [0.1, 0.15) is 23.2 Å². The fourth-order valence-electron chi connectivity index (χ4n) is 2.15. The second-order valence-corrected chi connectivity index (χ2v) is 7.49. The average molecular weight is 354 g/mol. The first-order valence-electron chi connectivity index (χ1n) is 6.99. The summed E-state index contributed by atoms with van der Waals surface area (Å²) < 4.78 is 40.0. The number of halogens is 2. The van der Waals surface area contributed by atoms with Gasteiger partial charge in [0.2, 0.25) is 0 Å². The zero-order chi connectivity index (χ0) is 16.6. The van der Waals surface area contributed by atoms with Crippen LogP contribution in [0, 0.1) is 11.7 Å². The topological polar surface area (TPSA) is 63.2 Å². The van der Waals surface area contributed by atoms with Crippen molar-refractivity contribution in [1.29, 1.82) is 0 Å². The Hall–Kier alpha value is -1.92.